The van der Waals surface area contributed by atoms with Crippen LogP contribution >= 0.6 is 0 Å². The number of benzene rings is 1. The lowest BCUT2D eigenvalue weighted by Gasteiger charge is -2.24. The van der Waals surface area contributed by atoms with Crippen molar-refractivity contribution in [3.05, 3.63) is 30.6 Å². The predicted molar refractivity (Wildman–Crippen MR) is 70.6 cm³/mol. The molecule has 0 radical (unpaired) electrons. The molecule has 0 aliphatic carbocycles. The second-order valence-electron chi connectivity index (χ2n) is 4.50. The highest BCUT2D eigenvalue weighted by Crippen LogP contribution is 2.31. The molecule has 2 N–H and O–H groups in total. The summed E-state index contributed by atoms with van der Waals surface area (Å²) < 4.78 is 11.3. The third-order valence-electron chi connectivity index (χ3n) is 3.28. The Morgan fingerprint density at radius 3 is 2.89 bits per heavy atom. The molecule has 0 saturated carbocycles. The van der Waals surface area contributed by atoms with E-state index in [-0.39, 0.29) is 6.10 Å². The number of aromatic nitrogens is 1. The number of nitrogens with two attached hydrogens (primary N) is 1. The van der Waals surface area contributed by atoms with E-state index in [0.717, 1.165) is 42.6 Å². The summed E-state index contributed by atoms with van der Waals surface area (Å²) in [7, 11) is 0. The summed E-state index contributed by atoms with van der Waals surface area (Å²) in [4.78, 5) is 4.09. The Morgan fingerprint density at radius 1 is 1.22 bits per heavy atom. The Kier molecular flexibility index (Phi) is 3.02. The summed E-state index contributed by atoms with van der Waals surface area (Å²) in [5.41, 5.74) is 6.85. The minimum absolute atomic E-state index is 0.209. The molecule has 1 aliphatic heterocycles. The Morgan fingerprint density at radius 2 is 2.06 bits per heavy atom. The highest BCUT2D eigenvalue weighted by atomic mass is 16.5. The van der Waals surface area contributed by atoms with E-state index in [0.29, 0.717) is 5.69 Å². The maximum Gasteiger partial charge on any atom is 0.143 e. The van der Waals surface area contributed by atoms with Crippen molar-refractivity contribution in [2.24, 2.45) is 0 Å². The summed E-state index contributed by atoms with van der Waals surface area (Å²) in [6.45, 7) is 1.53. The largest absolute Gasteiger partial charge is 0.488 e. The molecule has 2 heterocycles. The van der Waals surface area contributed by atoms with Crippen molar-refractivity contribution >= 4 is 16.5 Å². The highest BCUT2D eigenvalue weighted by molar-refractivity contribution is 5.95. The lowest BCUT2D eigenvalue weighted by molar-refractivity contribution is 0.0259. The van der Waals surface area contributed by atoms with Crippen molar-refractivity contribution in [3.63, 3.8) is 0 Å². The van der Waals surface area contributed by atoms with Crippen LogP contribution in [-0.2, 0) is 4.74 Å². The van der Waals surface area contributed by atoms with Gasteiger partial charge >= 0.3 is 0 Å². The van der Waals surface area contributed by atoms with Crippen LogP contribution < -0.4 is 10.5 Å². The summed E-state index contributed by atoms with van der Waals surface area (Å²) in [6, 6.07) is 5.84. The van der Waals surface area contributed by atoms with Crippen LogP contribution in [0.2, 0.25) is 0 Å². The Bertz CT molecular complexity index is 550. The van der Waals surface area contributed by atoms with Gasteiger partial charge < -0.3 is 15.2 Å². The van der Waals surface area contributed by atoms with E-state index in [1.165, 1.54) is 0 Å². The zero-order valence-electron chi connectivity index (χ0n) is 10.1. The molecule has 0 unspecified atom stereocenters. The second kappa shape index (κ2) is 4.82. The number of anilines is 1. The quantitative estimate of drug-likeness (QED) is 0.824. The van der Waals surface area contributed by atoms with Crippen LogP contribution in [-0.4, -0.2) is 24.3 Å². The fraction of sp³-hybridized carbons (Fsp3) is 0.357. The van der Waals surface area contributed by atoms with E-state index in [1.807, 2.05) is 24.4 Å². The first-order chi connectivity index (χ1) is 8.84. The molecular formula is C14H16N2O2. The molecule has 1 saturated heterocycles. The molecular weight excluding hydrogens is 228 g/mol. The van der Waals surface area contributed by atoms with E-state index >= 15 is 0 Å². The average molecular weight is 244 g/mol. The van der Waals surface area contributed by atoms with Crippen molar-refractivity contribution in [2.45, 2.75) is 18.9 Å². The number of ether oxygens (including phenoxy) is 2. The Labute approximate surface area is 106 Å². The van der Waals surface area contributed by atoms with Gasteiger partial charge in [0, 0.05) is 36.0 Å². The van der Waals surface area contributed by atoms with Crippen LogP contribution in [0.25, 0.3) is 10.8 Å². The van der Waals surface area contributed by atoms with E-state index in [9.17, 15) is 0 Å². The Balaban J connectivity index is 1.89. The number of rotatable bonds is 2. The van der Waals surface area contributed by atoms with Gasteiger partial charge in [0.05, 0.1) is 18.9 Å². The van der Waals surface area contributed by atoms with E-state index in [1.54, 1.807) is 6.20 Å². The van der Waals surface area contributed by atoms with Gasteiger partial charge in [-0.2, -0.15) is 0 Å². The van der Waals surface area contributed by atoms with Crippen molar-refractivity contribution in [1.82, 2.24) is 4.98 Å². The van der Waals surface area contributed by atoms with E-state index in [2.05, 4.69) is 4.98 Å². The number of hydrogen-bond donors (Lipinski definition) is 1. The third kappa shape index (κ3) is 2.11. The molecule has 1 fully saturated rings. The van der Waals surface area contributed by atoms with E-state index < -0.39 is 0 Å². The highest BCUT2D eigenvalue weighted by Gasteiger charge is 2.17. The van der Waals surface area contributed by atoms with Crippen LogP contribution in [0.3, 0.4) is 0 Å². The van der Waals surface area contributed by atoms with Crippen LogP contribution in [0.4, 0.5) is 5.69 Å². The first-order valence-corrected chi connectivity index (χ1v) is 6.21. The monoisotopic (exact) mass is 244 g/mol. The fourth-order valence-electron chi connectivity index (χ4n) is 2.25. The molecule has 0 amide bonds. The van der Waals surface area contributed by atoms with Crippen molar-refractivity contribution in [3.8, 4) is 5.75 Å². The average Bonchev–Trinajstić information content (AvgIpc) is 2.43. The van der Waals surface area contributed by atoms with Gasteiger partial charge in [-0.1, -0.05) is 0 Å². The van der Waals surface area contributed by atoms with Gasteiger partial charge in [0.15, 0.2) is 0 Å². The first kappa shape index (κ1) is 11.3. The van der Waals surface area contributed by atoms with Crippen molar-refractivity contribution in [1.29, 1.82) is 0 Å². The van der Waals surface area contributed by atoms with Crippen LogP contribution in [0.15, 0.2) is 30.6 Å². The molecule has 94 valence electrons. The molecule has 1 aromatic heterocycles. The van der Waals surface area contributed by atoms with Gasteiger partial charge in [-0.15, -0.1) is 0 Å². The van der Waals surface area contributed by atoms with Crippen LogP contribution in [0, 0.1) is 0 Å². The molecule has 1 aromatic carbocycles. The lowest BCUT2D eigenvalue weighted by atomic mass is 10.1. The molecule has 2 aromatic rings. The summed E-state index contributed by atoms with van der Waals surface area (Å²) >= 11 is 0. The van der Waals surface area contributed by atoms with Crippen LogP contribution in [0.5, 0.6) is 5.75 Å². The Hall–Kier alpha value is -1.81. The normalized spacial score (nSPS) is 16.9. The van der Waals surface area contributed by atoms with Gasteiger partial charge in [-0.25, -0.2) is 0 Å². The molecule has 4 heteroatoms. The number of hydrogen-bond acceptors (Lipinski definition) is 4. The summed E-state index contributed by atoms with van der Waals surface area (Å²) in [5.74, 6) is 0.764. The van der Waals surface area contributed by atoms with Gasteiger partial charge in [-0.05, 0) is 18.2 Å². The molecule has 0 bridgehead atoms. The standard InChI is InChI=1S/C14H16N2O2/c15-14-12-3-6-16-9-10(12)1-2-13(14)18-11-4-7-17-8-5-11/h1-3,6,9,11H,4-5,7-8,15H2. The van der Waals surface area contributed by atoms with Gasteiger partial charge in [0.25, 0.3) is 0 Å². The smallest absolute Gasteiger partial charge is 0.143 e. The fourth-order valence-corrected chi connectivity index (χ4v) is 2.25. The maximum absolute atomic E-state index is 6.15. The minimum atomic E-state index is 0.209. The summed E-state index contributed by atoms with van der Waals surface area (Å²) in [5, 5.41) is 2.03. The molecule has 18 heavy (non-hydrogen) atoms. The number of fused-ring (bicyclic) bond motifs is 1. The topological polar surface area (TPSA) is 57.4 Å². The second-order valence-corrected chi connectivity index (χ2v) is 4.50. The maximum atomic E-state index is 6.15. The molecule has 0 atom stereocenters. The van der Waals surface area contributed by atoms with Crippen molar-refractivity contribution in [2.75, 3.05) is 18.9 Å². The first-order valence-electron chi connectivity index (χ1n) is 6.21. The molecule has 4 nitrogen and oxygen atoms in total. The number of pyridine rings is 1. The predicted octanol–water partition coefficient (Wildman–Crippen LogP) is 2.37. The SMILES string of the molecule is Nc1c(OC2CCOCC2)ccc2cnccc12. The molecule has 0 spiro atoms. The minimum Gasteiger partial charge on any atom is -0.488 e. The van der Waals surface area contributed by atoms with Crippen LogP contribution in [0.1, 0.15) is 12.8 Å². The zero-order valence-corrected chi connectivity index (χ0v) is 10.1. The lowest BCUT2D eigenvalue weighted by Crippen LogP contribution is -2.26. The summed E-state index contributed by atoms with van der Waals surface area (Å²) in [6.07, 6.45) is 5.61. The zero-order chi connectivity index (χ0) is 12.4. The third-order valence-corrected chi connectivity index (χ3v) is 3.28. The van der Waals surface area contributed by atoms with Gasteiger partial charge in [-0.3, -0.25) is 4.98 Å². The molecule has 3 rings (SSSR count). The van der Waals surface area contributed by atoms with E-state index in [4.69, 9.17) is 15.2 Å². The number of nitrogens with zero attached hydrogens (tertiary/aromatic N) is 1. The van der Waals surface area contributed by atoms with Gasteiger partial charge in [0.1, 0.15) is 11.9 Å². The number of nitrogen functional groups attached to an aromatic ring is 1. The van der Waals surface area contributed by atoms with Gasteiger partial charge in [0.2, 0.25) is 0 Å². The van der Waals surface area contributed by atoms with Crippen molar-refractivity contribution < 1.29 is 9.47 Å². The molecule has 1 aliphatic rings.